The maximum Gasteiger partial charge on any atom is 0.243 e. The summed E-state index contributed by atoms with van der Waals surface area (Å²) in [6.07, 6.45) is 3.20. The lowest BCUT2D eigenvalue weighted by Gasteiger charge is -2.26. The summed E-state index contributed by atoms with van der Waals surface area (Å²) in [4.78, 5) is 0.364. The van der Waals surface area contributed by atoms with E-state index in [4.69, 9.17) is 5.73 Å². The average Bonchev–Trinajstić information content (AvgIpc) is 3.08. The molecule has 1 aromatic rings. The molecule has 106 valence electrons. The van der Waals surface area contributed by atoms with Gasteiger partial charge in [-0.05, 0) is 49.4 Å². The first-order valence-corrected chi connectivity index (χ1v) is 8.36. The first-order chi connectivity index (χ1) is 9.61. The molecule has 1 aromatic carbocycles. The third kappa shape index (κ3) is 2.35. The second kappa shape index (κ2) is 5.21. The molecule has 2 fully saturated rings. The molecule has 1 aliphatic heterocycles. The van der Waals surface area contributed by atoms with Crippen LogP contribution in [0.4, 0.5) is 0 Å². The van der Waals surface area contributed by atoms with Gasteiger partial charge in [0.25, 0.3) is 0 Å². The highest BCUT2D eigenvalue weighted by Crippen LogP contribution is 2.40. The molecular formula is C15H18N2O2S. The van der Waals surface area contributed by atoms with Gasteiger partial charge < -0.3 is 5.73 Å². The zero-order valence-electron chi connectivity index (χ0n) is 11.2. The quantitative estimate of drug-likeness (QED) is 0.832. The summed E-state index contributed by atoms with van der Waals surface area (Å²) in [7, 11) is -3.35. The molecule has 1 heterocycles. The molecule has 3 rings (SSSR count). The highest BCUT2D eigenvalue weighted by atomic mass is 32.2. The number of nitrogens with zero attached hydrogens (tertiary/aromatic N) is 1. The van der Waals surface area contributed by atoms with Crippen LogP contribution in [0.5, 0.6) is 0 Å². The van der Waals surface area contributed by atoms with Crippen LogP contribution in [-0.2, 0) is 10.0 Å². The van der Waals surface area contributed by atoms with Gasteiger partial charge in [-0.1, -0.05) is 11.8 Å². The van der Waals surface area contributed by atoms with Gasteiger partial charge in [-0.3, -0.25) is 0 Å². The SMILES string of the molecule is NCC#Cc1ccc(S(=O)(=O)N2CC3CCC2C3)cc1. The average molecular weight is 290 g/mol. The topological polar surface area (TPSA) is 63.4 Å². The monoisotopic (exact) mass is 290 g/mol. The summed E-state index contributed by atoms with van der Waals surface area (Å²) in [5.41, 5.74) is 6.11. The maximum absolute atomic E-state index is 12.6. The highest BCUT2D eigenvalue weighted by molar-refractivity contribution is 7.89. The summed E-state index contributed by atoms with van der Waals surface area (Å²) in [5.74, 6) is 6.21. The third-order valence-corrected chi connectivity index (χ3v) is 6.09. The fourth-order valence-electron chi connectivity index (χ4n) is 3.17. The van der Waals surface area contributed by atoms with Crippen LogP contribution in [0.3, 0.4) is 0 Å². The smallest absolute Gasteiger partial charge is 0.243 e. The molecule has 0 aromatic heterocycles. The number of nitrogens with two attached hydrogens (primary N) is 1. The summed E-state index contributed by atoms with van der Waals surface area (Å²) in [6.45, 7) is 0.985. The van der Waals surface area contributed by atoms with Crippen molar-refractivity contribution in [1.82, 2.24) is 4.31 Å². The predicted molar refractivity (Wildman–Crippen MR) is 77.4 cm³/mol. The molecule has 1 saturated carbocycles. The van der Waals surface area contributed by atoms with E-state index in [0.29, 0.717) is 23.9 Å². The minimum atomic E-state index is -3.35. The molecule has 1 saturated heterocycles. The van der Waals surface area contributed by atoms with E-state index in [0.717, 1.165) is 18.4 Å². The Balaban J connectivity index is 1.84. The lowest BCUT2D eigenvalue weighted by atomic mass is 10.1. The van der Waals surface area contributed by atoms with E-state index < -0.39 is 10.0 Å². The van der Waals surface area contributed by atoms with Crippen molar-refractivity contribution in [2.75, 3.05) is 13.1 Å². The molecule has 2 atom stereocenters. The third-order valence-electron chi connectivity index (χ3n) is 4.15. The van der Waals surface area contributed by atoms with Crippen molar-refractivity contribution < 1.29 is 8.42 Å². The highest BCUT2D eigenvalue weighted by Gasteiger charge is 2.44. The number of hydrogen-bond donors (Lipinski definition) is 1. The Morgan fingerprint density at radius 2 is 2.00 bits per heavy atom. The van der Waals surface area contributed by atoms with Crippen molar-refractivity contribution in [2.45, 2.75) is 30.2 Å². The number of piperidine rings is 1. The minimum Gasteiger partial charge on any atom is -0.320 e. The van der Waals surface area contributed by atoms with E-state index in [-0.39, 0.29) is 6.04 Å². The van der Waals surface area contributed by atoms with E-state index in [1.165, 1.54) is 6.42 Å². The second-order valence-electron chi connectivity index (χ2n) is 5.44. The van der Waals surface area contributed by atoms with Gasteiger partial charge in [-0.15, -0.1) is 0 Å². The number of benzene rings is 1. The molecule has 0 spiro atoms. The van der Waals surface area contributed by atoms with E-state index in [2.05, 4.69) is 11.8 Å². The Hall–Kier alpha value is -1.35. The Labute approximate surface area is 120 Å². The summed E-state index contributed by atoms with van der Waals surface area (Å²) in [5, 5.41) is 0. The van der Waals surface area contributed by atoms with E-state index in [1.807, 2.05) is 0 Å². The second-order valence-corrected chi connectivity index (χ2v) is 7.33. The normalized spacial score (nSPS) is 25.4. The predicted octanol–water partition coefficient (Wildman–Crippen LogP) is 1.17. The molecule has 20 heavy (non-hydrogen) atoms. The van der Waals surface area contributed by atoms with Gasteiger partial charge in [0.1, 0.15) is 0 Å². The van der Waals surface area contributed by atoms with Crippen molar-refractivity contribution >= 4 is 10.0 Å². The van der Waals surface area contributed by atoms with Crippen LogP contribution >= 0.6 is 0 Å². The van der Waals surface area contributed by atoms with Crippen molar-refractivity contribution in [3.63, 3.8) is 0 Å². The fourth-order valence-corrected chi connectivity index (χ4v) is 4.91. The molecular weight excluding hydrogens is 272 g/mol. The first kappa shape index (κ1) is 13.6. The first-order valence-electron chi connectivity index (χ1n) is 6.92. The molecule has 0 amide bonds. The lowest BCUT2D eigenvalue weighted by Crippen LogP contribution is -2.37. The van der Waals surface area contributed by atoms with Crippen molar-refractivity contribution in [2.24, 2.45) is 11.7 Å². The zero-order chi connectivity index (χ0) is 14.2. The number of rotatable bonds is 2. The van der Waals surface area contributed by atoms with Crippen molar-refractivity contribution in [3.05, 3.63) is 29.8 Å². The van der Waals surface area contributed by atoms with Gasteiger partial charge in [0, 0.05) is 18.2 Å². The molecule has 5 heteroatoms. The summed E-state index contributed by atoms with van der Waals surface area (Å²) < 4.78 is 26.9. The largest absolute Gasteiger partial charge is 0.320 e. The van der Waals surface area contributed by atoms with Gasteiger partial charge in [0.15, 0.2) is 0 Å². The van der Waals surface area contributed by atoms with Crippen LogP contribution in [0.15, 0.2) is 29.2 Å². The molecule has 2 N–H and O–H groups in total. The number of fused-ring (bicyclic) bond motifs is 2. The summed E-state index contributed by atoms with van der Waals surface area (Å²) in [6, 6.07) is 6.97. The Kier molecular flexibility index (Phi) is 3.55. The molecule has 4 nitrogen and oxygen atoms in total. The standard InChI is InChI=1S/C15H18N2O2S/c16-9-1-2-12-4-7-15(8-5-12)20(18,19)17-11-13-3-6-14(17)10-13/h4-5,7-8,13-14H,3,6,9-11,16H2. The van der Waals surface area contributed by atoms with E-state index in [9.17, 15) is 8.42 Å². The number of hydrogen-bond acceptors (Lipinski definition) is 3. The van der Waals surface area contributed by atoms with E-state index >= 15 is 0 Å². The maximum atomic E-state index is 12.6. The Morgan fingerprint density at radius 1 is 1.25 bits per heavy atom. The van der Waals surface area contributed by atoms with Crippen LogP contribution < -0.4 is 5.73 Å². The summed E-state index contributed by atoms with van der Waals surface area (Å²) >= 11 is 0. The van der Waals surface area contributed by atoms with Crippen LogP contribution in [-0.4, -0.2) is 31.9 Å². The zero-order valence-corrected chi connectivity index (χ0v) is 12.1. The fraction of sp³-hybridized carbons (Fsp3) is 0.467. The molecule has 0 radical (unpaired) electrons. The van der Waals surface area contributed by atoms with Crippen LogP contribution in [0.25, 0.3) is 0 Å². The van der Waals surface area contributed by atoms with Gasteiger partial charge in [0.2, 0.25) is 10.0 Å². The van der Waals surface area contributed by atoms with Crippen LogP contribution in [0.2, 0.25) is 0 Å². The number of sulfonamides is 1. The Bertz CT molecular complexity index is 655. The van der Waals surface area contributed by atoms with Crippen LogP contribution in [0, 0.1) is 17.8 Å². The lowest BCUT2D eigenvalue weighted by molar-refractivity contribution is 0.333. The molecule has 2 unspecified atom stereocenters. The van der Waals surface area contributed by atoms with Gasteiger partial charge in [-0.2, -0.15) is 4.31 Å². The minimum absolute atomic E-state index is 0.210. The van der Waals surface area contributed by atoms with Crippen LogP contribution in [0.1, 0.15) is 24.8 Å². The molecule has 1 aliphatic carbocycles. The van der Waals surface area contributed by atoms with Gasteiger partial charge in [0.05, 0.1) is 11.4 Å². The Morgan fingerprint density at radius 3 is 2.55 bits per heavy atom. The molecule has 2 bridgehead atoms. The van der Waals surface area contributed by atoms with E-state index in [1.54, 1.807) is 28.6 Å². The van der Waals surface area contributed by atoms with Crippen molar-refractivity contribution in [1.29, 1.82) is 0 Å². The van der Waals surface area contributed by atoms with Gasteiger partial charge >= 0.3 is 0 Å². The van der Waals surface area contributed by atoms with Gasteiger partial charge in [-0.25, -0.2) is 8.42 Å². The van der Waals surface area contributed by atoms with Crippen molar-refractivity contribution in [3.8, 4) is 11.8 Å². The molecule has 2 aliphatic rings.